The van der Waals surface area contributed by atoms with Gasteiger partial charge in [0.1, 0.15) is 5.76 Å². The second kappa shape index (κ2) is 7.85. The van der Waals surface area contributed by atoms with Crippen LogP contribution in [0.5, 0.6) is 0 Å². The van der Waals surface area contributed by atoms with Gasteiger partial charge in [-0.05, 0) is 50.7 Å². The van der Waals surface area contributed by atoms with Crippen LogP contribution in [0.15, 0.2) is 48.2 Å². The van der Waals surface area contributed by atoms with E-state index in [2.05, 4.69) is 5.32 Å². The number of aliphatic hydroxyl groups excluding tert-OH is 1. The molecule has 0 saturated heterocycles. The average Bonchev–Trinajstić information content (AvgIpc) is 2.95. The second-order valence-electron chi connectivity index (χ2n) is 7.90. The van der Waals surface area contributed by atoms with Gasteiger partial charge in [-0.25, -0.2) is 0 Å². The highest BCUT2D eigenvalue weighted by Crippen LogP contribution is 2.45. The molecule has 5 heteroatoms. The number of amides is 1. The molecule has 0 bridgehead atoms. The molecule has 1 spiro atoms. The van der Waals surface area contributed by atoms with E-state index in [9.17, 15) is 9.90 Å². The third-order valence-corrected chi connectivity index (χ3v) is 6.54. The first-order valence-corrected chi connectivity index (χ1v) is 10.6. The van der Waals surface area contributed by atoms with E-state index >= 15 is 0 Å². The molecule has 2 aliphatic rings. The van der Waals surface area contributed by atoms with Gasteiger partial charge in [-0.1, -0.05) is 54.1 Å². The first-order chi connectivity index (χ1) is 14.0. The van der Waals surface area contributed by atoms with Gasteiger partial charge in [-0.2, -0.15) is 0 Å². The largest absolute Gasteiger partial charge is 0.509 e. The number of rotatable bonds is 4. The molecule has 4 rings (SSSR count). The van der Waals surface area contributed by atoms with Gasteiger partial charge in [0, 0.05) is 17.7 Å². The first kappa shape index (κ1) is 20.0. The van der Waals surface area contributed by atoms with Gasteiger partial charge in [0.15, 0.2) is 0 Å². The summed E-state index contributed by atoms with van der Waals surface area (Å²) in [6.45, 7) is 4.58. The topological polar surface area (TPSA) is 58.6 Å². The zero-order chi connectivity index (χ0) is 20.6. The molecule has 0 aromatic heterocycles. The molecule has 4 nitrogen and oxygen atoms in total. The Balaban J connectivity index is 1.76. The SMILES string of the molecule is CCOC1CCC2(CC1)NC(=O)C(c1c(C)ccc(-c3ccccc3)c1Cl)=C2O. The third kappa shape index (κ3) is 3.45. The van der Waals surface area contributed by atoms with Gasteiger partial charge >= 0.3 is 0 Å². The van der Waals surface area contributed by atoms with Crippen molar-refractivity contribution < 1.29 is 14.6 Å². The minimum Gasteiger partial charge on any atom is -0.509 e. The average molecular weight is 412 g/mol. The van der Waals surface area contributed by atoms with Crippen molar-refractivity contribution in [1.29, 1.82) is 0 Å². The fraction of sp³-hybridized carbons (Fsp3) is 0.375. The molecule has 2 N–H and O–H groups in total. The Kier molecular flexibility index (Phi) is 5.41. The number of carbonyl (C=O) groups is 1. The van der Waals surface area contributed by atoms with Gasteiger partial charge in [-0.3, -0.25) is 4.79 Å². The molecule has 1 aliphatic carbocycles. The smallest absolute Gasteiger partial charge is 0.256 e. The van der Waals surface area contributed by atoms with Gasteiger partial charge < -0.3 is 15.2 Å². The van der Waals surface area contributed by atoms with Crippen molar-refractivity contribution in [2.45, 2.75) is 51.2 Å². The van der Waals surface area contributed by atoms with Gasteiger partial charge in [0.25, 0.3) is 5.91 Å². The van der Waals surface area contributed by atoms with E-state index in [0.717, 1.165) is 29.5 Å². The minimum absolute atomic E-state index is 0.118. The van der Waals surface area contributed by atoms with Crippen molar-refractivity contribution in [2.75, 3.05) is 6.61 Å². The summed E-state index contributed by atoms with van der Waals surface area (Å²) in [5.74, 6) is -0.139. The fourth-order valence-electron chi connectivity index (χ4n) is 4.59. The Bertz CT molecular complexity index is 960. The first-order valence-electron chi connectivity index (χ1n) is 10.2. The number of carbonyl (C=O) groups excluding carboxylic acids is 1. The van der Waals surface area contributed by atoms with Crippen LogP contribution < -0.4 is 5.32 Å². The van der Waals surface area contributed by atoms with Crippen LogP contribution in [0.3, 0.4) is 0 Å². The molecule has 1 fully saturated rings. The highest BCUT2D eigenvalue weighted by atomic mass is 35.5. The number of benzene rings is 2. The lowest BCUT2D eigenvalue weighted by Gasteiger charge is -2.37. The molecule has 0 atom stereocenters. The van der Waals surface area contributed by atoms with E-state index in [-0.39, 0.29) is 17.8 Å². The molecule has 0 unspecified atom stereocenters. The zero-order valence-corrected chi connectivity index (χ0v) is 17.6. The second-order valence-corrected chi connectivity index (χ2v) is 8.28. The van der Waals surface area contributed by atoms with E-state index in [1.807, 2.05) is 56.3 Å². The van der Waals surface area contributed by atoms with Crippen molar-refractivity contribution in [1.82, 2.24) is 5.32 Å². The van der Waals surface area contributed by atoms with Crippen LogP contribution in [0.2, 0.25) is 5.02 Å². The molecule has 1 heterocycles. The lowest BCUT2D eigenvalue weighted by molar-refractivity contribution is -0.116. The van der Waals surface area contributed by atoms with E-state index in [1.54, 1.807) is 0 Å². The summed E-state index contributed by atoms with van der Waals surface area (Å²) >= 11 is 6.81. The minimum atomic E-state index is -0.710. The normalized spacial score (nSPS) is 24.2. The molecule has 2 aromatic rings. The van der Waals surface area contributed by atoms with E-state index in [0.29, 0.717) is 35.6 Å². The Morgan fingerprint density at radius 2 is 1.86 bits per heavy atom. The maximum Gasteiger partial charge on any atom is 0.256 e. The van der Waals surface area contributed by atoms with Crippen LogP contribution in [0.1, 0.15) is 43.7 Å². The molecule has 1 amide bonds. The quantitative estimate of drug-likeness (QED) is 0.705. The van der Waals surface area contributed by atoms with Crippen molar-refractivity contribution in [3.63, 3.8) is 0 Å². The molecular weight excluding hydrogens is 386 g/mol. The van der Waals surface area contributed by atoms with Crippen LogP contribution in [0.4, 0.5) is 0 Å². The van der Waals surface area contributed by atoms with E-state index < -0.39 is 5.54 Å². The molecule has 29 heavy (non-hydrogen) atoms. The zero-order valence-electron chi connectivity index (χ0n) is 16.8. The number of nitrogens with one attached hydrogen (secondary N) is 1. The maximum atomic E-state index is 13.0. The summed E-state index contributed by atoms with van der Waals surface area (Å²) in [7, 11) is 0. The van der Waals surface area contributed by atoms with Gasteiger partial charge in [0.2, 0.25) is 0 Å². The van der Waals surface area contributed by atoms with Crippen LogP contribution in [-0.2, 0) is 9.53 Å². The molecule has 152 valence electrons. The third-order valence-electron chi connectivity index (χ3n) is 6.14. The molecule has 2 aromatic carbocycles. The summed E-state index contributed by atoms with van der Waals surface area (Å²) < 4.78 is 5.73. The molecule has 0 radical (unpaired) electrons. The van der Waals surface area contributed by atoms with E-state index in [1.165, 1.54) is 0 Å². The van der Waals surface area contributed by atoms with Crippen molar-refractivity contribution in [2.24, 2.45) is 0 Å². The lowest BCUT2D eigenvalue weighted by atomic mass is 9.79. The van der Waals surface area contributed by atoms with Crippen molar-refractivity contribution >= 4 is 23.1 Å². The Morgan fingerprint density at radius 1 is 1.17 bits per heavy atom. The standard InChI is InChI=1S/C24H26ClNO3/c1-3-29-17-11-13-24(14-12-17)22(27)20(23(28)26-24)19-15(2)9-10-18(21(19)25)16-7-5-4-6-8-16/h4-10,17,27H,3,11-14H2,1-2H3,(H,26,28). The van der Waals surface area contributed by atoms with E-state index in [4.69, 9.17) is 16.3 Å². The fourth-order valence-corrected chi connectivity index (χ4v) is 5.00. The predicted molar refractivity (Wildman–Crippen MR) is 116 cm³/mol. The number of aliphatic hydroxyl groups is 1. The summed E-state index contributed by atoms with van der Waals surface area (Å²) in [4.78, 5) is 13.0. The van der Waals surface area contributed by atoms with Crippen LogP contribution in [-0.4, -0.2) is 29.3 Å². The molecule has 1 aliphatic heterocycles. The lowest BCUT2D eigenvalue weighted by Crippen LogP contribution is -2.48. The Labute approximate surface area is 176 Å². The maximum absolute atomic E-state index is 13.0. The summed E-state index contributed by atoms with van der Waals surface area (Å²) in [5, 5.41) is 14.8. The van der Waals surface area contributed by atoms with Crippen LogP contribution in [0.25, 0.3) is 16.7 Å². The summed E-state index contributed by atoms with van der Waals surface area (Å²) in [6.07, 6.45) is 3.12. The van der Waals surface area contributed by atoms with Gasteiger partial charge in [0.05, 0.1) is 22.2 Å². The van der Waals surface area contributed by atoms with Crippen molar-refractivity contribution in [3.05, 3.63) is 64.4 Å². The number of halogens is 1. The summed E-state index contributed by atoms with van der Waals surface area (Å²) in [6, 6.07) is 13.7. The monoisotopic (exact) mass is 411 g/mol. The number of aryl methyl sites for hydroxylation is 1. The predicted octanol–water partition coefficient (Wildman–Crippen LogP) is 5.43. The Hall–Kier alpha value is -2.30. The van der Waals surface area contributed by atoms with Gasteiger partial charge in [-0.15, -0.1) is 0 Å². The van der Waals surface area contributed by atoms with Crippen LogP contribution >= 0.6 is 11.6 Å². The summed E-state index contributed by atoms with van der Waals surface area (Å²) in [5.41, 5.74) is 2.91. The number of ether oxygens (including phenoxy) is 1. The molecule has 1 saturated carbocycles. The molecular formula is C24H26ClNO3. The van der Waals surface area contributed by atoms with Crippen LogP contribution in [0, 0.1) is 6.92 Å². The Morgan fingerprint density at radius 3 is 2.52 bits per heavy atom. The number of hydrogen-bond donors (Lipinski definition) is 2. The van der Waals surface area contributed by atoms with Crippen molar-refractivity contribution in [3.8, 4) is 11.1 Å². The highest BCUT2D eigenvalue weighted by Gasteiger charge is 2.48. The highest BCUT2D eigenvalue weighted by molar-refractivity contribution is 6.38. The number of hydrogen-bond acceptors (Lipinski definition) is 3.